The molecule has 0 radical (unpaired) electrons. The first kappa shape index (κ1) is 16.7. The van der Waals surface area contributed by atoms with Crippen molar-refractivity contribution in [1.82, 2.24) is 5.32 Å². The van der Waals surface area contributed by atoms with Crippen molar-refractivity contribution in [2.24, 2.45) is 5.92 Å². The average molecular weight is 323 g/mol. The molecule has 1 fully saturated rings. The van der Waals surface area contributed by atoms with E-state index in [1.165, 1.54) is 11.1 Å². The maximum Gasteiger partial charge on any atom is 0.223 e. The lowest BCUT2D eigenvalue weighted by atomic mass is 9.85. The van der Waals surface area contributed by atoms with Crippen LogP contribution in [0, 0.1) is 5.92 Å². The van der Waals surface area contributed by atoms with Crippen LogP contribution < -0.4 is 5.32 Å². The maximum atomic E-state index is 12.6. The largest absolute Gasteiger partial charge is 0.381 e. The lowest BCUT2D eigenvalue weighted by Crippen LogP contribution is -2.42. The summed E-state index contributed by atoms with van der Waals surface area (Å²) < 4.78 is 5.36. The van der Waals surface area contributed by atoms with Crippen molar-refractivity contribution < 1.29 is 9.53 Å². The van der Waals surface area contributed by atoms with Gasteiger partial charge in [0.15, 0.2) is 0 Å². The first-order chi connectivity index (χ1) is 11.8. The van der Waals surface area contributed by atoms with Crippen molar-refractivity contribution in [3.63, 3.8) is 0 Å². The Balaban J connectivity index is 1.79. The van der Waals surface area contributed by atoms with Crippen LogP contribution in [0.2, 0.25) is 0 Å². The second-order valence-electron chi connectivity index (χ2n) is 6.48. The van der Waals surface area contributed by atoms with Crippen molar-refractivity contribution in [3.05, 3.63) is 71.8 Å². The molecule has 0 bridgehead atoms. The van der Waals surface area contributed by atoms with Crippen LogP contribution >= 0.6 is 0 Å². The van der Waals surface area contributed by atoms with E-state index in [1.807, 2.05) is 12.1 Å². The summed E-state index contributed by atoms with van der Waals surface area (Å²) in [6, 6.07) is 20.8. The number of carbonyl (C=O) groups is 1. The van der Waals surface area contributed by atoms with Crippen LogP contribution in [0.15, 0.2) is 60.7 Å². The van der Waals surface area contributed by atoms with E-state index in [4.69, 9.17) is 4.74 Å². The Morgan fingerprint density at radius 1 is 0.958 bits per heavy atom. The summed E-state index contributed by atoms with van der Waals surface area (Å²) >= 11 is 0. The summed E-state index contributed by atoms with van der Waals surface area (Å²) in [6.45, 7) is 3.47. The summed E-state index contributed by atoms with van der Waals surface area (Å²) in [5.74, 6) is 0.382. The normalized spacial score (nSPS) is 16.8. The molecule has 2 aromatic rings. The number of benzene rings is 2. The van der Waals surface area contributed by atoms with Gasteiger partial charge >= 0.3 is 0 Å². The van der Waals surface area contributed by atoms with Gasteiger partial charge in [-0.15, -0.1) is 0 Å². The van der Waals surface area contributed by atoms with Crippen LogP contribution in [0.5, 0.6) is 0 Å². The smallest absolute Gasteiger partial charge is 0.223 e. The molecule has 2 aromatic carbocycles. The van der Waals surface area contributed by atoms with Gasteiger partial charge < -0.3 is 10.1 Å². The Kier molecular flexibility index (Phi) is 5.65. The highest BCUT2D eigenvalue weighted by Gasteiger charge is 2.27. The fraction of sp³-hybridized carbons (Fsp3) is 0.381. The van der Waals surface area contributed by atoms with Crippen LogP contribution in [0.4, 0.5) is 0 Å². The second kappa shape index (κ2) is 8.11. The SMILES string of the molecule is CC(NC(=O)C1CCOCC1)C(c1ccccc1)c1ccccc1. The molecule has 1 atom stereocenters. The van der Waals surface area contributed by atoms with Crippen molar-refractivity contribution in [2.75, 3.05) is 13.2 Å². The first-order valence-electron chi connectivity index (χ1n) is 8.73. The third kappa shape index (κ3) is 4.04. The molecular weight excluding hydrogens is 298 g/mol. The summed E-state index contributed by atoms with van der Waals surface area (Å²) in [4.78, 5) is 12.6. The van der Waals surface area contributed by atoms with Gasteiger partial charge in [-0.1, -0.05) is 60.7 Å². The van der Waals surface area contributed by atoms with Crippen LogP contribution in [0.3, 0.4) is 0 Å². The number of rotatable bonds is 5. The van der Waals surface area contributed by atoms with E-state index >= 15 is 0 Å². The van der Waals surface area contributed by atoms with Crippen LogP contribution in [0.1, 0.15) is 36.8 Å². The first-order valence-corrected chi connectivity index (χ1v) is 8.73. The molecule has 1 saturated heterocycles. The zero-order chi connectivity index (χ0) is 16.8. The van der Waals surface area contributed by atoms with Gasteiger partial charge in [-0.25, -0.2) is 0 Å². The van der Waals surface area contributed by atoms with Gasteiger partial charge in [-0.2, -0.15) is 0 Å². The molecule has 0 spiro atoms. The Hall–Kier alpha value is -2.13. The molecule has 1 heterocycles. The number of hydrogen-bond acceptors (Lipinski definition) is 2. The summed E-state index contributed by atoms with van der Waals surface area (Å²) in [5, 5.41) is 3.25. The fourth-order valence-corrected chi connectivity index (χ4v) is 3.48. The predicted molar refractivity (Wildman–Crippen MR) is 95.9 cm³/mol. The quantitative estimate of drug-likeness (QED) is 0.910. The molecule has 24 heavy (non-hydrogen) atoms. The van der Waals surface area contributed by atoms with Gasteiger partial charge in [0.1, 0.15) is 0 Å². The highest BCUT2D eigenvalue weighted by atomic mass is 16.5. The summed E-state index contributed by atoms with van der Waals surface area (Å²) in [6.07, 6.45) is 1.64. The van der Waals surface area contributed by atoms with E-state index in [0.29, 0.717) is 13.2 Å². The minimum absolute atomic E-state index is 0.0325. The van der Waals surface area contributed by atoms with Gasteiger partial charge in [0.05, 0.1) is 0 Å². The number of nitrogens with one attached hydrogen (secondary N) is 1. The number of ether oxygens (including phenoxy) is 1. The maximum absolute atomic E-state index is 12.6. The molecule has 1 aliphatic rings. The number of amides is 1. The van der Waals surface area contributed by atoms with E-state index < -0.39 is 0 Å². The molecule has 3 heteroatoms. The monoisotopic (exact) mass is 323 g/mol. The predicted octanol–water partition coefficient (Wildman–Crippen LogP) is 3.75. The molecule has 0 aliphatic carbocycles. The minimum atomic E-state index is 0.0325. The van der Waals surface area contributed by atoms with Crippen molar-refractivity contribution >= 4 is 5.91 Å². The molecule has 1 unspecified atom stereocenters. The zero-order valence-electron chi connectivity index (χ0n) is 14.2. The summed E-state index contributed by atoms with van der Waals surface area (Å²) in [7, 11) is 0. The molecule has 0 saturated carbocycles. The highest BCUT2D eigenvalue weighted by Crippen LogP contribution is 2.28. The average Bonchev–Trinajstić information content (AvgIpc) is 2.64. The van der Waals surface area contributed by atoms with E-state index in [9.17, 15) is 4.79 Å². The lowest BCUT2D eigenvalue weighted by molar-refractivity contribution is -0.128. The van der Waals surface area contributed by atoms with E-state index in [2.05, 4.69) is 60.8 Å². The van der Waals surface area contributed by atoms with Gasteiger partial charge in [0.2, 0.25) is 5.91 Å². The fourth-order valence-electron chi connectivity index (χ4n) is 3.48. The minimum Gasteiger partial charge on any atom is -0.381 e. The molecule has 1 amide bonds. The lowest BCUT2D eigenvalue weighted by Gasteiger charge is -2.29. The molecule has 0 aromatic heterocycles. The van der Waals surface area contributed by atoms with E-state index in [1.54, 1.807) is 0 Å². The number of carbonyl (C=O) groups excluding carboxylic acids is 1. The standard InChI is InChI=1S/C21H25NO2/c1-16(22-21(23)19-12-14-24-15-13-19)20(17-8-4-2-5-9-17)18-10-6-3-7-11-18/h2-11,16,19-20H,12-15H2,1H3,(H,22,23). The summed E-state index contributed by atoms with van der Waals surface area (Å²) in [5.41, 5.74) is 2.45. The van der Waals surface area contributed by atoms with Crippen molar-refractivity contribution in [2.45, 2.75) is 31.7 Å². The Morgan fingerprint density at radius 3 is 1.96 bits per heavy atom. The van der Waals surface area contributed by atoms with Crippen LogP contribution in [0.25, 0.3) is 0 Å². The van der Waals surface area contributed by atoms with Gasteiger partial charge in [-0.3, -0.25) is 4.79 Å². The second-order valence-corrected chi connectivity index (χ2v) is 6.48. The molecule has 1 aliphatic heterocycles. The molecule has 3 rings (SSSR count). The van der Waals surface area contributed by atoms with Gasteiger partial charge in [0, 0.05) is 31.1 Å². The molecule has 3 nitrogen and oxygen atoms in total. The zero-order valence-corrected chi connectivity index (χ0v) is 14.2. The third-order valence-electron chi connectivity index (χ3n) is 4.78. The molecule has 126 valence electrons. The third-order valence-corrected chi connectivity index (χ3v) is 4.78. The Bertz CT molecular complexity index is 596. The molecular formula is C21H25NO2. The van der Waals surface area contributed by atoms with Crippen molar-refractivity contribution in [1.29, 1.82) is 0 Å². The Morgan fingerprint density at radius 2 is 1.46 bits per heavy atom. The van der Waals surface area contributed by atoms with E-state index in [0.717, 1.165) is 12.8 Å². The number of hydrogen-bond donors (Lipinski definition) is 1. The Labute approximate surface area is 144 Å². The van der Waals surface area contributed by atoms with Crippen molar-refractivity contribution in [3.8, 4) is 0 Å². The van der Waals surface area contributed by atoms with E-state index in [-0.39, 0.29) is 23.8 Å². The molecule has 1 N–H and O–H groups in total. The van der Waals surface area contributed by atoms with Crippen LogP contribution in [-0.2, 0) is 9.53 Å². The highest BCUT2D eigenvalue weighted by molar-refractivity contribution is 5.79. The van der Waals surface area contributed by atoms with Crippen LogP contribution in [-0.4, -0.2) is 25.2 Å². The topological polar surface area (TPSA) is 38.3 Å². The van der Waals surface area contributed by atoms with Gasteiger partial charge in [-0.05, 0) is 30.9 Å². The van der Waals surface area contributed by atoms with Gasteiger partial charge in [0.25, 0.3) is 0 Å².